The van der Waals surface area contributed by atoms with Gasteiger partial charge in [-0.2, -0.15) is 8.42 Å². The molecule has 1 aliphatic carbocycles. The smallest absolute Gasteiger partial charge is 0.264 e. The van der Waals surface area contributed by atoms with E-state index in [-0.39, 0.29) is 22.1 Å². The Morgan fingerprint density at radius 2 is 1.36 bits per heavy atom. The summed E-state index contributed by atoms with van der Waals surface area (Å²) in [5.41, 5.74) is 0. The Hall–Kier alpha value is 0.264. The molecule has 0 heterocycles. The minimum Gasteiger partial charge on any atom is -0.417 e. The molecule has 0 saturated heterocycles. The Morgan fingerprint density at radius 3 is 1.79 bits per heavy atom. The second kappa shape index (κ2) is 8.79. The molecule has 0 N–H and O–H groups in total. The van der Waals surface area contributed by atoms with Crippen LogP contribution in [0, 0.1) is 11.8 Å². The molecule has 0 bridgehead atoms. The average Bonchev–Trinajstić information content (AvgIpc) is 2.43. The van der Waals surface area contributed by atoms with E-state index in [2.05, 4.69) is 67.7 Å². The van der Waals surface area contributed by atoms with Gasteiger partial charge in [0.2, 0.25) is 0 Å². The molecule has 0 spiro atoms. The van der Waals surface area contributed by atoms with Crippen LogP contribution in [0.1, 0.15) is 54.4 Å². The highest BCUT2D eigenvalue weighted by atomic mass is 32.2. The van der Waals surface area contributed by atoms with Gasteiger partial charge >= 0.3 is 0 Å². The molecule has 0 aliphatic heterocycles. The van der Waals surface area contributed by atoms with Crippen molar-refractivity contribution in [2.75, 3.05) is 19.5 Å². The average molecular weight is 453 g/mol. The Morgan fingerprint density at radius 1 is 0.893 bits per heavy atom. The van der Waals surface area contributed by atoms with Crippen molar-refractivity contribution in [2.24, 2.45) is 11.8 Å². The number of hydrogen-bond acceptors (Lipinski definition) is 5. The maximum Gasteiger partial charge on any atom is 0.264 e. The lowest BCUT2D eigenvalue weighted by molar-refractivity contribution is -0.0421. The van der Waals surface area contributed by atoms with Gasteiger partial charge in [0.25, 0.3) is 10.1 Å². The summed E-state index contributed by atoms with van der Waals surface area (Å²) in [5, 5.41) is 0.334. The molecule has 28 heavy (non-hydrogen) atoms. The molecule has 3 atom stereocenters. The van der Waals surface area contributed by atoms with E-state index in [1.54, 1.807) is 0 Å². The fourth-order valence-corrected chi connectivity index (χ4v) is 5.70. The molecule has 0 aromatic heterocycles. The summed E-state index contributed by atoms with van der Waals surface area (Å²) in [6.45, 7) is 23.7. The molecule has 1 saturated carbocycles. The van der Waals surface area contributed by atoms with E-state index in [0.29, 0.717) is 19.1 Å². The van der Waals surface area contributed by atoms with Gasteiger partial charge in [0, 0.05) is 13.2 Å². The first-order chi connectivity index (χ1) is 12.3. The van der Waals surface area contributed by atoms with Gasteiger partial charge in [-0.3, -0.25) is 4.18 Å². The van der Waals surface area contributed by atoms with Crippen LogP contribution in [-0.2, 0) is 23.2 Å². The number of hydrogen-bond donors (Lipinski definition) is 0. The van der Waals surface area contributed by atoms with Crippen molar-refractivity contribution in [1.82, 2.24) is 0 Å². The summed E-state index contributed by atoms with van der Waals surface area (Å²) >= 11 is 0. The summed E-state index contributed by atoms with van der Waals surface area (Å²) in [5.74, 6) is 0.508. The molecule has 1 fully saturated rings. The van der Waals surface area contributed by atoms with E-state index in [4.69, 9.17) is 13.0 Å². The summed E-state index contributed by atoms with van der Waals surface area (Å²) in [6.07, 6.45) is 2.45. The van der Waals surface area contributed by atoms with Crippen LogP contribution in [0.25, 0.3) is 0 Å². The van der Waals surface area contributed by atoms with E-state index in [1.807, 2.05) is 0 Å². The van der Waals surface area contributed by atoms with Gasteiger partial charge in [-0.15, -0.1) is 0 Å². The highest BCUT2D eigenvalue weighted by Gasteiger charge is 2.46. The summed E-state index contributed by atoms with van der Waals surface area (Å²) in [6, 6.07) is 0. The molecule has 1 aliphatic rings. The van der Waals surface area contributed by atoms with Crippen molar-refractivity contribution < 1.29 is 21.5 Å². The van der Waals surface area contributed by atoms with E-state index in [1.165, 1.54) is 0 Å². The maximum atomic E-state index is 11.6. The van der Waals surface area contributed by atoms with Crippen LogP contribution in [0.3, 0.4) is 0 Å². The van der Waals surface area contributed by atoms with Crippen molar-refractivity contribution in [3.8, 4) is 0 Å². The van der Waals surface area contributed by atoms with Crippen LogP contribution in [0.2, 0.25) is 36.3 Å². The van der Waals surface area contributed by atoms with E-state index < -0.39 is 26.8 Å². The van der Waals surface area contributed by atoms with Gasteiger partial charge in [-0.25, -0.2) is 0 Å². The van der Waals surface area contributed by atoms with Gasteiger partial charge in [0.1, 0.15) is 0 Å². The highest BCUT2D eigenvalue weighted by molar-refractivity contribution is 7.86. The van der Waals surface area contributed by atoms with Crippen LogP contribution in [0.4, 0.5) is 0 Å². The minimum absolute atomic E-state index is 0.167. The van der Waals surface area contributed by atoms with E-state index in [9.17, 15) is 8.42 Å². The fraction of sp³-hybridized carbons (Fsp3) is 1.00. The Bertz CT molecular complexity index is 617. The molecule has 0 amide bonds. The lowest BCUT2D eigenvalue weighted by Gasteiger charge is -2.46. The van der Waals surface area contributed by atoms with Crippen LogP contribution in [0.5, 0.6) is 0 Å². The third-order valence-corrected chi connectivity index (χ3v) is 16.7. The van der Waals surface area contributed by atoms with E-state index >= 15 is 0 Å². The molecule has 1 rings (SSSR count). The SMILES string of the molecule is CC(C)(C)[Si](C)(C)OCCC1C(CO[Si](C)(C)C(C)(C)C)CC1OS(C)(=O)=O. The van der Waals surface area contributed by atoms with Crippen molar-refractivity contribution in [1.29, 1.82) is 0 Å². The molecule has 0 aromatic carbocycles. The van der Waals surface area contributed by atoms with Gasteiger partial charge < -0.3 is 8.85 Å². The molecule has 0 aromatic rings. The lowest BCUT2D eigenvalue weighted by atomic mass is 9.70. The fourth-order valence-electron chi connectivity index (χ4n) is 2.90. The van der Waals surface area contributed by atoms with Crippen LogP contribution < -0.4 is 0 Å². The standard InChI is InChI=1S/C20H44O5SSi2/c1-19(2,3)27(8,9)23-13-12-17-16(14-18(17)25-26(7,21)22)15-24-28(10,11)20(4,5)6/h16-18H,12-15H2,1-11H3. The molecular formula is C20H44O5SSi2. The molecule has 3 unspecified atom stereocenters. The summed E-state index contributed by atoms with van der Waals surface area (Å²) in [7, 11) is -7.07. The monoisotopic (exact) mass is 452 g/mol. The first kappa shape index (κ1) is 26.3. The minimum atomic E-state index is -3.45. The largest absolute Gasteiger partial charge is 0.417 e. The topological polar surface area (TPSA) is 61.8 Å². The van der Waals surface area contributed by atoms with Crippen LogP contribution in [0.15, 0.2) is 0 Å². The van der Waals surface area contributed by atoms with Crippen molar-refractivity contribution in [3.63, 3.8) is 0 Å². The van der Waals surface area contributed by atoms with Crippen molar-refractivity contribution >= 4 is 26.8 Å². The Balaban J connectivity index is 2.73. The summed E-state index contributed by atoms with van der Waals surface area (Å²) < 4.78 is 41.3. The molecule has 168 valence electrons. The maximum absolute atomic E-state index is 11.6. The second-order valence-corrected chi connectivity index (χ2v) is 22.7. The second-order valence-electron chi connectivity index (χ2n) is 11.5. The lowest BCUT2D eigenvalue weighted by Crippen LogP contribution is -2.50. The number of rotatable bonds is 9. The highest BCUT2D eigenvalue weighted by Crippen LogP contribution is 2.44. The first-order valence-electron chi connectivity index (χ1n) is 10.4. The Labute approximate surface area is 176 Å². The van der Waals surface area contributed by atoms with Crippen LogP contribution in [-0.4, -0.2) is 50.6 Å². The zero-order valence-corrected chi connectivity index (χ0v) is 22.8. The third kappa shape index (κ3) is 7.20. The van der Waals surface area contributed by atoms with E-state index in [0.717, 1.165) is 19.1 Å². The zero-order chi connectivity index (χ0) is 22.2. The molecule has 0 radical (unpaired) electrons. The first-order valence-corrected chi connectivity index (χ1v) is 18.1. The normalized spacial score (nSPS) is 24.9. The zero-order valence-electron chi connectivity index (χ0n) is 20.0. The van der Waals surface area contributed by atoms with Gasteiger partial charge in [-0.1, -0.05) is 41.5 Å². The molecule has 5 nitrogen and oxygen atoms in total. The predicted octanol–water partition coefficient (Wildman–Crippen LogP) is 5.40. The quantitative estimate of drug-likeness (QED) is 0.346. The Kier molecular flexibility index (Phi) is 8.25. The van der Waals surface area contributed by atoms with Crippen molar-refractivity contribution in [3.05, 3.63) is 0 Å². The van der Waals surface area contributed by atoms with Crippen molar-refractivity contribution in [2.45, 2.75) is 96.8 Å². The molecular weight excluding hydrogens is 408 g/mol. The van der Waals surface area contributed by atoms with Gasteiger partial charge in [0.05, 0.1) is 12.4 Å². The van der Waals surface area contributed by atoms with Gasteiger partial charge in [-0.05, 0) is 60.9 Å². The molecule has 8 heteroatoms. The van der Waals surface area contributed by atoms with Gasteiger partial charge in [0.15, 0.2) is 16.6 Å². The van der Waals surface area contributed by atoms with Crippen LogP contribution >= 0.6 is 0 Å². The predicted molar refractivity (Wildman–Crippen MR) is 122 cm³/mol. The third-order valence-electron chi connectivity index (χ3n) is 7.10. The summed E-state index contributed by atoms with van der Waals surface area (Å²) in [4.78, 5) is 0.